The standard InChI is InChI=1S/C14H14ClN5O2/c1-3-14(2)19-12(21)11-8(15)6-9(13(22)20(11)14)18-10-4-5-16-7-17-10/h3-7,12,19,21H,1H2,2H3,(H,16,17,18). The van der Waals surface area contributed by atoms with Gasteiger partial charge in [0, 0.05) is 6.20 Å². The number of aromatic nitrogens is 3. The van der Waals surface area contributed by atoms with Gasteiger partial charge < -0.3 is 10.4 Å². The fourth-order valence-corrected chi connectivity index (χ4v) is 2.76. The van der Waals surface area contributed by atoms with Crippen LogP contribution in [0.25, 0.3) is 0 Å². The Morgan fingerprint density at radius 3 is 3.05 bits per heavy atom. The number of hydrogen-bond acceptors (Lipinski definition) is 6. The fourth-order valence-electron chi connectivity index (χ4n) is 2.47. The van der Waals surface area contributed by atoms with Crippen LogP contribution in [0.15, 0.2) is 42.1 Å². The van der Waals surface area contributed by atoms with Crippen molar-refractivity contribution in [3.63, 3.8) is 0 Å². The number of halogens is 1. The van der Waals surface area contributed by atoms with Crippen LogP contribution in [0.3, 0.4) is 0 Å². The van der Waals surface area contributed by atoms with E-state index in [-0.39, 0.29) is 16.3 Å². The van der Waals surface area contributed by atoms with Gasteiger partial charge in [0.25, 0.3) is 5.56 Å². The highest BCUT2D eigenvalue weighted by Gasteiger charge is 2.39. The molecule has 2 aromatic heterocycles. The Morgan fingerprint density at radius 2 is 2.41 bits per heavy atom. The molecule has 2 aromatic rings. The second-order valence-corrected chi connectivity index (χ2v) is 5.46. The molecule has 8 heteroatoms. The summed E-state index contributed by atoms with van der Waals surface area (Å²) in [4.78, 5) is 20.6. The quantitative estimate of drug-likeness (QED) is 0.742. The molecule has 1 aliphatic rings. The Kier molecular flexibility index (Phi) is 3.48. The zero-order chi connectivity index (χ0) is 15.9. The second-order valence-electron chi connectivity index (χ2n) is 5.05. The number of fused-ring (bicyclic) bond motifs is 1. The molecule has 3 N–H and O–H groups in total. The third kappa shape index (κ3) is 2.19. The largest absolute Gasteiger partial charge is 0.373 e. The summed E-state index contributed by atoms with van der Waals surface area (Å²) < 4.78 is 1.39. The van der Waals surface area contributed by atoms with Crippen molar-refractivity contribution in [2.45, 2.75) is 18.8 Å². The minimum atomic E-state index is -1.05. The first-order valence-electron chi connectivity index (χ1n) is 6.54. The van der Waals surface area contributed by atoms with E-state index in [1.54, 1.807) is 25.3 Å². The predicted octanol–water partition coefficient (Wildman–Crippen LogP) is 1.49. The Hall–Kier alpha value is -2.22. The second kappa shape index (κ2) is 5.20. The lowest BCUT2D eigenvalue weighted by Crippen LogP contribution is -2.42. The van der Waals surface area contributed by atoms with E-state index in [1.165, 1.54) is 17.0 Å². The normalized spacial score (nSPS) is 23.1. The third-order valence-corrected chi connectivity index (χ3v) is 3.89. The van der Waals surface area contributed by atoms with Crippen molar-refractivity contribution >= 4 is 23.1 Å². The Balaban J connectivity index is 2.17. The molecule has 3 heterocycles. The number of anilines is 2. The van der Waals surface area contributed by atoms with Crippen LogP contribution in [0.1, 0.15) is 18.8 Å². The van der Waals surface area contributed by atoms with Crippen molar-refractivity contribution < 1.29 is 5.11 Å². The summed E-state index contributed by atoms with van der Waals surface area (Å²) in [5, 5.41) is 16.1. The summed E-state index contributed by atoms with van der Waals surface area (Å²) in [5.74, 6) is 0.468. The molecule has 2 atom stereocenters. The van der Waals surface area contributed by atoms with Gasteiger partial charge in [-0.3, -0.25) is 14.7 Å². The molecule has 0 spiro atoms. The monoisotopic (exact) mass is 319 g/mol. The summed E-state index contributed by atoms with van der Waals surface area (Å²) >= 11 is 6.23. The van der Waals surface area contributed by atoms with Gasteiger partial charge in [-0.15, -0.1) is 0 Å². The van der Waals surface area contributed by atoms with Crippen LogP contribution in [-0.4, -0.2) is 19.6 Å². The number of aliphatic hydroxyl groups excluding tert-OH is 1. The SMILES string of the molecule is C=CC1(C)NC(O)c2c(Cl)cc(Nc3ccncn3)c(=O)n21. The number of rotatable bonds is 3. The van der Waals surface area contributed by atoms with Gasteiger partial charge in [0.15, 0.2) is 0 Å². The van der Waals surface area contributed by atoms with Gasteiger partial charge in [-0.1, -0.05) is 24.3 Å². The van der Waals surface area contributed by atoms with Crippen molar-refractivity contribution in [1.82, 2.24) is 19.9 Å². The number of nitrogens with zero attached hydrogens (tertiary/aromatic N) is 3. The summed E-state index contributed by atoms with van der Waals surface area (Å²) in [6.07, 6.45) is 3.42. The first kappa shape index (κ1) is 14.7. The van der Waals surface area contributed by atoms with Crippen LogP contribution in [0.4, 0.5) is 11.5 Å². The number of hydrogen-bond donors (Lipinski definition) is 3. The first-order chi connectivity index (χ1) is 10.5. The van der Waals surface area contributed by atoms with Gasteiger partial charge in [0.05, 0.1) is 10.7 Å². The van der Waals surface area contributed by atoms with Gasteiger partial charge in [0.2, 0.25) is 0 Å². The molecule has 0 radical (unpaired) electrons. The van der Waals surface area contributed by atoms with E-state index >= 15 is 0 Å². The molecule has 0 fully saturated rings. The van der Waals surface area contributed by atoms with E-state index < -0.39 is 11.9 Å². The lowest BCUT2D eigenvalue weighted by Gasteiger charge is -2.23. The van der Waals surface area contributed by atoms with Crippen molar-refractivity contribution in [3.05, 3.63) is 58.4 Å². The van der Waals surface area contributed by atoms with Crippen LogP contribution < -0.4 is 16.2 Å². The van der Waals surface area contributed by atoms with Crippen LogP contribution >= 0.6 is 11.6 Å². The lowest BCUT2D eigenvalue weighted by molar-refractivity contribution is 0.127. The highest BCUT2D eigenvalue weighted by Crippen LogP contribution is 2.34. The summed E-state index contributed by atoms with van der Waals surface area (Å²) in [6.45, 7) is 5.44. The van der Waals surface area contributed by atoms with Gasteiger partial charge in [0.1, 0.15) is 29.7 Å². The zero-order valence-electron chi connectivity index (χ0n) is 11.7. The maximum atomic E-state index is 12.7. The average Bonchev–Trinajstić information content (AvgIpc) is 2.78. The van der Waals surface area contributed by atoms with Crippen molar-refractivity contribution in [1.29, 1.82) is 0 Å². The van der Waals surface area contributed by atoms with Gasteiger partial charge in [-0.25, -0.2) is 9.97 Å². The number of pyridine rings is 1. The molecule has 3 rings (SSSR count). The molecule has 0 saturated carbocycles. The Morgan fingerprint density at radius 1 is 1.64 bits per heavy atom. The topological polar surface area (TPSA) is 92.1 Å². The Labute approximate surface area is 131 Å². The molecule has 7 nitrogen and oxygen atoms in total. The minimum absolute atomic E-state index is 0.247. The van der Waals surface area contributed by atoms with Gasteiger partial charge in [-0.05, 0) is 19.1 Å². The maximum absolute atomic E-state index is 12.7. The lowest BCUT2D eigenvalue weighted by atomic mass is 10.2. The molecular weight excluding hydrogens is 306 g/mol. The highest BCUT2D eigenvalue weighted by atomic mass is 35.5. The highest BCUT2D eigenvalue weighted by molar-refractivity contribution is 6.31. The molecule has 22 heavy (non-hydrogen) atoms. The summed E-state index contributed by atoms with van der Waals surface area (Å²) in [6, 6.07) is 3.10. The summed E-state index contributed by atoms with van der Waals surface area (Å²) in [7, 11) is 0. The van der Waals surface area contributed by atoms with E-state index in [9.17, 15) is 9.90 Å². The summed E-state index contributed by atoms with van der Waals surface area (Å²) in [5.41, 5.74) is -0.720. The van der Waals surface area contributed by atoms with Crippen molar-refractivity contribution in [3.8, 4) is 0 Å². The fraction of sp³-hybridized carbons (Fsp3) is 0.214. The van der Waals surface area contributed by atoms with Crippen molar-refractivity contribution in [2.75, 3.05) is 5.32 Å². The minimum Gasteiger partial charge on any atom is -0.373 e. The first-order valence-corrected chi connectivity index (χ1v) is 6.92. The molecular formula is C14H14ClN5O2. The van der Waals surface area contributed by atoms with Crippen LogP contribution in [0, 0.1) is 0 Å². The van der Waals surface area contributed by atoms with E-state index in [1.807, 2.05) is 0 Å². The third-order valence-electron chi connectivity index (χ3n) is 3.58. The van der Waals surface area contributed by atoms with E-state index in [4.69, 9.17) is 11.6 Å². The molecule has 0 aliphatic carbocycles. The molecule has 0 bridgehead atoms. The van der Waals surface area contributed by atoms with Crippen LogP contribution in [0.5, 0.6) is 0 Å². The maximum Gasteiger partial charge on any atom is 0.276 e. The van der Waals surface area contributed by atoms with Gasteiger partial charge >= 0.3 is 0 Å². The smallest absolute Gasteiger partial charge is 0.276 e. The number of aliphatic hydroxyl groups is 1. The molecule has 0 amide bonds. The molecule has 1 aliphatic heterocycles. The zero-order valence-corrected chi connectivity index (χ0v) is 12.5. The van der Waals surface area contributed by atoms with Crippen molar-refractivity contribution in [2.24, 2.45) is 0 Å². The van der Waals surface area contributed by atoms with E-state index in [0.29, 0.717) is 11.5 Å². The predicted molar refractivity (Wildman–Crippen MR) is 83.0 cm³/mol. The van der Waals surface area contributed by atoms with E-state index in [0.717, 1.165) is 0 Å². The average molecular weight is 320 g/mol. The molecule has 114 valence electrons. The molecule has 2 unspecified atom stereocenters. The number of nitrogens with one attached hydrogen (secondary N) is 2. The molecule has 0 aromatic carbocycles. The van der Waals surface area contributed by atoms with Crippen LogP contribution in [-0.2, 0) is 5.66 Å². The van der Waals surface area contributed by atoms with Gasteiger partial charge in [-0.2, -0.15) is 0 Å². The van der Waals surface area contributed by atoms with E-state index in [2.05, 4.69) is 27.2 Å². The molecule has 0 saturated heterocycles. The van der Waals surface area contributed by atoms with Crippen LogP contribution in [0.2, 0.25) is 5.02 Å². The Bertz CT molecular complexity index is 792.